The second kappa shape index (κ2) is 7.27. The smallest absolute Gasteiger partial charge is 0.302 e. The van der Waals surface area contributed by atoms with Crippen LogP contribution in [0.3, 0.4) is 0 Å². The van der Waals surface area contributed by atoms with E-state index in [1.807, 2.05) is 6.07 Å². The topological polar surface area (TPSA) is 70.7 Å². The summed E-state index contributed by atoms with van der Waals surface area (Å²) < 4.78 is 5.58. The predicted molar refractivity (Wildman–Crippen MR) is 99.2 cm³/mol. The first kappa shape index (κ1) is 17.3. The maximum Gasteiger partial charge on any atom is 0.302 e. The molecular formula is C20H27N3O3. The van der Waals surface area contributed by atoms with Crippen LogP contribution in [0.5, 0.6) is 0 Å². The second-order valence-corrected chi connectivity index (χ2v) is 7.56. The number of hydrogen-bond donors (Lipinski definition) is 2. The minimum atomic E-state index is -0.236. The normalized spacial score (nSPS) is 28.4. The number of piperazine rings is 1. The van der Waals surface area contributed by atoms with Crippen molar-refractivity contribution in [2.75, 3.05) is 31.1 Å². The Morgan fingerprint density at radius 3 is 2.73 bits per heavy atom. The number of anilines is 1. The second-order valence-electron chi connectivity index (χ2n) is 7.56. The van der Waals surface area contributed by atoms with Crippen LogP contribution in [0.4, 0.5) is 5.69 Å². The molecule has 1 aliphatic carbocycles. The fraction of sp³-hybridized carbons (Fsp3) is 0.600. The monoisotopic (exact) mass is 357 g/mol. The molecule has 0 aromatic heterocycles. The molecule has 2 heterocycles. The quantitative estimate of drug-likeness (QED) is 0.810. The molecule has 1 aromatic carbocycles. The SMILES string of the molecule is CC(=O)OC1CCCCC1C1NC(=O)c2cc(N3CCNCC3)ccc21. The minimum absolute atomic E-state index is 0.00543. The molecule has 0 radical (unpaired) electrons. The molecule has 6 heteroatoms. The molecule has 26 heavy (non-hydrogen) atoms. The first-order valence-electron chi connectivity index (χ1n) is 9.71. The molecule has 0 bridgehead atoms. The Bertz CT molecular complexity index is 700. The van der Waals surface area contributed by atoms with Crippen molar-refractivity contribution in [1.29, 1.82) is 0 Å². The van der Waals surface area contributed by atoms with E-state index in [9.17, 15) is 9.59 Å². The molecule has 1 saturated carbocycles. The van der Waals surface area contributed by atoms with E-state index in [2.05, 4.69) is 27.7 Å². The van der Waals surface area contributed by atoms with E-state index in [0.29, 0.717) is 0 Å². The summed E-state index contributed by atoms with van der Waals surface area (Å²) in [6.07, 6.45) is 3.94. The van der Waals surface area contributed by atoms with Crippen LogP contribution in [0.2, 0.25) is 0 Å². The molecule has 0 spiro atoms. The van der Waals surface area contributed by atoms with Crippen LogP contribution >= 0.6 is 0 Å². The lowest BCUT2D eigenvalue weighted by atomic mass is 9.79. The maximum atomic E-state index is 12.6. The Labute approximate surface area is 154 Å². The zero-order chi connectivity index (χ0) is 18.1. The number of nitrogens with zero attached hydrogens (tertiary/aromatic N) is 1. The largest absolute Gasteiger partial charge is 0.462 e. The number of ether oxygens (including phenoxy) is 1. The zero-order valence-electron chi connectivity index (χ0n) is 15.3. The third kappa shape index (κ3) is 3.30. The van der Waals surface area contributed by atoms with E-state index in [4.69, 9.17) is 4.74 Å². The lowest BCUT2D eigenvalue weighted by Gasteiger charge is -2.35. The summed E-state index contributed by atoms with van der Waals surface area (Å²) in [6.45, 7) is 5.32. The number of amides is 1. The van der Waals surface area contributed by atoms with Gasteiger partial charge >= 0.3 is 5.97 Å². The van der Waals surface area contributed by atoms with Gasteiger partial charge in [0.2, 0.25) is 0 Å². The van der Waals surface area contributed by atoms with Gasteiger partial charge in [0.05, 0.1) is 6.04 Å². The fourth-order valence-corrected chi connectivity index (χ4v) is 4.63. The number of fused-ring (bicyclic) bond motifs is 1. The molecule has 2 fully saturated rings. The molecule has 140 valence electrons. The first-order valence-corrected chi connectivity index (χ1v) is 9.71. The number of nitrogens with one attached hydrogen (secondary N) is 2. The van der Waals surface area contributed by atoms with Crippen molar-refractivity contribution < 1.29 is 14.3 Å². The van der Waals surface area contributed by atoms with Crippen LogP contribution in [0.25, 0.3) is 0 Å². The van der Waals surface area contributed by atoms with Crippen LogP contribution in [0.15, 0.2) is 18.2 Å². The summed E-state index contributed by atoms with van der Waals surface area (Å²) in [7, 11) is 0. The Morgan fingerprint density at radius 2 is 1.96 bits per heavy atom. The van der Waals surface area contributed by atoms with E-state index in [1.165, 1.54) is 6.92 Å². The van der Waals surface area contributed by atoms with Crippen molar-refractivity contribution in [1.82, 2.24) is 10.6 Å². The third-order valence-corrected chi connectivity index (χ3v) is 5.88. The van der Waals surface area contributed by atoms with Crippen molar-refractivity contribution in [3.8, 4) is 0 Å². The number of hydrogen-bond acceptors (Lipinski definition) is 5. The number of benzene rings is 1. The van der Waals surface area contributed by atoms with Gasteiger partial charge in [0.25, 0.3) is 5.91 Å². The Hall–Kier alpha value is -2.08. The standard InChI is InChI=1S/C20H27N3O3/c1-13(24)26-18-5-3-2-4-16(18)19-15-7-6-14(12-17(15)20(25)22-19)23-10-8-21-9-11-23/h6-7,12,16,18-19,21H,2-5,8-11H2,1H3,(H,22,25). The predicted octanol–water partition coefficient (Wildman–Crippen LogP) is 2.00. The molecule has 2 N–H and O–H groups in total. The molecule has 1 aromatic rings. The van der Waals surface area contributed by atoms with Gasteiger partial charge < -0.3 is 20.3 Å². The highest BCUT2D eigenvalue weighted by molar-refractivity contribution is 6.00. The van der Waals surface area contributed by atoms with Crippen LogP contribution in [0, 0.1) is 5.92 Å². The summed E-state index contributed by atoms with van der Waals surface area (Å²) in [4.78, 5) is 26.4. The highest BCUT2D eigenvalue weighted by atomic mass is 16.5. The van der Waals surface area contributed by atoms with Gasteiger partial charge in [-0.15, -0.1) is 0 Å². The minimum Gasteiger partial charge on any atom is -0.462 e. The van der Waals surface area contributed by atoms with Crippen LogP contribution in [-0.4, -0.2) is 44.2 Å². The number of carbonyl (C=O) groups is 2. The van der Waals surface area contributed by atoms with Gasteiger partial charge in [-0.25, -0.2) is 0 Å². The Kier molecular flexibility index (Phi) is 4.85. The molecule has 1 amide bonds. The number of carbonyl (C=O) groups excluding carboxylic acids is 2. The molecule has 4 rings (SSSR count). The molecule has 3 atom stereocenters. The molecule has 2 aliphatic heterocycles. The van der Waals surface area contributed by atoms with Gasteiger partial charge in [0.15, 0.2) is 0 Å². The summed E-state index contributed by atoms with van der Waals surface area (Å²) in [6, 6.07) is 6.19. The molecule has 3 aliphatic rings. The van der Waals surface area contributed by atoms with Crippen LogP contribution in [0.1, 0.15) is 54.6 Å². The molecular weight excluding hydrogens is 330 g/mol. The van der Waals surface area contributed by atoms with Gasteiger partial charge in [-0.05, 0) is 37.0 Å². The third-order valence-electron chi connectivity index (χ3n) is 5.88. The molecule has 6 nitrogen and oxygen atoms in total. The van der Waals surface area contributed by atoms with E-state index in [0.717, 1.165) is 68.7 Å². The number of rotatable bonds is 3. The van der Waals surface area contributed by atoms with Crippen LogP contribution in [-0.2, 0) is 9.53 Å². The lowest BCUT2D eigenvalue weighted by Crippen LogP contribution is -2.43. The van der Waals surface area contributed by atoms with Gasteiger partial charge in [0, 0.05) is 50.3 Å². The average Bonchev–Trinajstić information content (AvgIpc) is 2.98. The van der Waals surface area contributed by atoms with E-state index in [-0.39, 0.29) is 29.9 Å². The summed E-state index contributed by atoms with van der Waals surface area (Å²) in [5, 5.41) is 6.51. The van der Waals surface area contributed by atoms with Gasteiger partial charge in [-0.2, -0.15) is 0 Å². The Morgan fingerprint density at radius 1 is 1.19 bits per heavy atom. The van der Waals surface area contributed by atoms with Gasteiger partial charge in [-0.1, -0.05) is 12.5 Å². The van der Waals surface area contributed by atoms with Crippen molar-refractivity contribution >= 4 is 17.6 Å². The zero-order valence-corrected chi connectivity index (χ0v) is 15.3. The molecule has 1 saturated heterocycles. The van der Waals surface area contributed by atoms with E-state index >= 15 is 0 Å². The Balaban J connectivity index is 1.59. The van der Waals surface area contributed by atoms with Crippen molar-refractivity contribution in [3.05, 3.63) is 29.3 Å². The van der Waals surface area contributed by atoms with E-state index in [1.54, 1.807) is 0 Å². The van der Waals surface area contributed by atoms with Gasteiger partial charge in [0.1, 0.15) is 6.10 Å². The molecule has 3 unspecified atom stereocenters. The maximum absolute atomic E-state index is 12.6. The summed E-state index contributed by atoms with van der Waals surface area (Å²) in [5.41, 5.74) is 2.94. The van der Waals surface area contributed by atoms with Crippen molar-refractivity contribution in [3.63, 3.8) is 0 Å². The highest BCUT2D eigenvalue weighted by Crippen LogP contribution is 2.41. The average molecular weight is 357 g/mol. The van der Waals surface area contributed by atoms with Gasteiger partial charge in [-0.3, -0.25) is 9.59 Å². The number of esters is 1. The lowest BCUT2D eigenvalue weighted by molar-refractivity contribution is -0.151. The first-order chi connectivity index (χ1) is 12.6. The van der Waals surface area contributed by atoms with E-state index < -0.39 is 0 Å². The van der Waals surface area contributed by atoms with Crippen LogP contribution < -0.4 is 15.5 Å². The van der Waals surface area contributed by atoms with Crippen molar-refractivity contribution in [2.45, 2.75) is 44.8 Å². The summed E-state index contributed by atoms with van der Waals surface area (Å²) >= 11 is 0. The highest BCUT2D eigenvalue weighted by Gasteiger charge is 2.40. The van der Waals surface area contributed by atoms with Crippen molar-refractivity contribution in [2.24, 2.45) is 5.92 Å². The summed E-state index contributed by atoms with van der Waals surface area (Å²) in [5.74, 6) is -0.0856. The fourth-order valence-electron chi connectivity index (χ4n) is 4.63.